The molecule has 2 heterocycles. The lowest BCUT2D eigenvalue weighted by molar-refractivity contribution is 0.377. The van der Waals surface area contributed by atoms with Crippen LogP contribution < -0.4 is 10.5 Å². The van der Waals surface area contributed by atoms with E-state index in [4.69, 9.17) is 10.5 Å². The second-order valence-electron chi connectivity index (χ2n) is 5.60. The van der Waals surface area contributed by atoms with Gasteiger partial charge < -0.3 is 10.5 Å². The van der Waals surface area contributed by atoms with Crippen molar-refractivity contribution in [2.24, 2.45) is 5.73 Å². The van der Waals surface area contributed by atoms with Crippen molar-refractivity contribution in [2.45, 2.75) is 25.7 Å². The maximum absolute atomic E-state index is 14.5. The highest BCUT2D eigenvalue weighted by Crippen LogP contribution is 2.45. The Morgan fingerprint density at radius 1 is 1.48 bits per heavy atom. The highest BCUT2D eigenvalue weighted by molar-refractivity contribution is 9.10. The van der Waals surface area contributed by atoms with Crippen LogP contribution in [0.1, 0.15) is 42.5 Å². The SMILES string of the molecule is CC(C)c1[nH]nc2c1[C@@H](c1cc(Br)ccc1F)C(C#N)=C(N)O2. The minimum absolute atomic E-state index is 0.0498. The van der Waals surface area contributed by atoms with Gasteiger partial charge in [-0.2, -0.15) is 5.26 Å². The summed E-state index contributed by atoms with van der Waals surface area (Å²) in [4.78, 5) is 0. The summed E-state index contributed by atoms with van der Waals surface area (Å²) in [6, 6.07) is 6.67. The highest BCUT2D eigenvalue weighted by Gasteiger charge is 2.37. The molecule has 0 saturated heterocycles. The van der Waals surface area contributed by atoms with E-state index in [1.165, 1.54) is 6.07 Å². The van der Waals surface area contributed by atoms with E-state index >= 15 is 0 Å². The summed E-state index contributed by atoms with van der Waals surface area (Å²) in [6.45, 7) is 3.96. The monoisotopic (exact) mass is 376 g/mol. The van der Waals surface area contributed by atoms with Gasteiger partial charge in [0, 0.05) is 15.7 Å². The Balaban J connectivity index is 2.31. The van der Waals surface area contributed by atoms with E-state index in [1.807, 2.05) is 13.8 Å². The first-order chi connectivity index (χ1) is 10.9. The number of fused-ring (bicyclic) bond motifs is 1. The van der Waals surface area contributed by atoms with Crippen molar-refractivity contribution in [2.75, 3.05) is 0 Å². The Labute approximate surface area is 141 Å². The predicted octanol–water partition coefficient (Wildman–Crippen LogP) is 3.65. The lowest BCUT2D eigenvalue weighted by Crippen LogP contribution is -2.22. The van der Waals surface area contributed by atoms with Crippen LogP contribution in [0.4, 0.5) is 4.39 Å². The Bertz CT molecular complexity index is 850. The zero-order chi connectivity index (χ0) is 16.7. The van der Waals surface area contributed by atoms with Gasteiger partial charge >= 0.3 is 0 Å². The topological polar surface area (TPSA) is 87.7 Å². The molecule has 3 N–H and O–H groups in total. The van der Waals surface area contributed by atoms with Crippen LogP contribution in [-0.2, 0) is 0 Å². The zero-order valence-corrected chi connectivity index (χ0v) is 14.1. The number of benzene rings is 1. The summed E-state index contributed by atoms with van der Waals surface area (Å²) in [5.41, 5.74) is 7.84. The summed E-state index contributed by atoms with van der Waals surface area (Å²) >= 11 is 3.35. The van der Waals surface area contributed by atoms with E-state index in [-0.39, 0.29) is 23.3 Å². The number of nitriles is 1. The first-order valence-electron chi connectivity index (χ1n) is 7.04. The van der Waals surface area contributed by atoms with E-state index in [0.717, 1.165) is 5.69 Å². The van der Waals surface area contributed by atoms with Crippen LogP contribution >= 0.6 is 15.9 Å². The number of allylic oxidation sites excluding steroid dienone is 1. The van der Waals surface area contributed by atoms with Crippen molar-refractivity contribution >= 4 is 15.9 Å². The summed E-state index contributed by atoms with van der Waals surface area (Å²) in [6.07, 6.45) is 0. The first-order valence-corrected chi connectivity index (χ1v) is 7.84. The largest absolute Gasteiger partial charge is 0.420 e. The number of H-pyrrole nitrogens is 1. The number of nitrogens with zero attached hydrogens (tertiary/aromatic N) is 2. The fourth-order valence-electron chi connectivity index (χ4n) is 2.76. The third-order valence-electron chi connectivity index (χ3n) is 3.81. The van der Waals surface area contributed by atoms with Crippen LogP contribution in [0.15, 0.2) is 34.1 Å². The van der Waals surface area contributed by atoms with Crippen molar-refractivity contribution < 1.29 is 9.13 Å². The van der Waals surface area contributed by atoms with Gasteiger partial charge in [-0.05, 0) is 24.1 Å². The number of halogens is 2. The van der Waals surface area contributed by atoms with Crippen molar-refractivity contribution in [3.8, 4) is 11.9 Å². The number of nitrogens with two attached hydrogens (primary N) is 1. The number of hydrogen-bond donors (Lipinski definition) is 2. The Morgan fingerprint density at radius 3 is 2.87 bits per heavy atom. The molecule has 1 aliphatic rings. The van der Waals surface area contributed by atoms with Gasteiger partial charge in [0.1, 0.15) is 17.5 Å². The van der Waals surface area contributed by atoms with Gasteiger partial charge in [-0.25, -0.2) is 4.39 Å². The van der Waals surface area contributed by atoms with E-state index in [1.54, 1.807) is 12.1 Å². The lowest BCUT2D eigenvalue weighted by atomic mass is 9.82. The third-order valence-corrected chi connectivity index (χ3v) is 4.31. The second kappa shape index (κ2) is 5.70. The maximum Gasteiger partial charge on any atom is 0.244 e. The maximum atomic E-state index is 14.5. The number of aromatic amines is 1. The Hall–Kier alpha value is -2.33. The minimum atomic E-state index is -0.655. The Kier molecular flexibility index (Phi) is 3.86. The van der Waals surface area contributed by atoms with Crippen LogP contribution in [0.5, 0.6) is 5.88 Å². The molecule has 118 valence electrons. The van der Waals surface area contributed by atoms with Gasteiger partial charge in [-0.1, -0.05) is 29.8 Å². The molecule has 2 aromatic rings. The molecule has 1 atom stereocenters. The van der Waals surface area contributed by atoms with Crippen molar-refractivity contribution in [1.29, 1.82) is 5.26 Å². The van der Waals surface area contributed by atoms with Crippen LogP contribution in [0.25, 0.3) is 0 Å². The number of hydrogen-bond acceptors (Lipinski definition) is 4. The molecule has 0 fully saturated rings. The lowest BCUT2D eigenvalue weighted by Gasteiger charge is -2.25. The van der Waals surface area contributed by atoms with Gasteiger partial charge in [-0.15, -0.1) is 5.10 Å². The smallest absolute Gasteiger partial charge is 0.244 e. The third kappa shape index (κ3) is 2.49. The molecule has 1 aromatic heterocycles. The summed E-state index contributed by atoms with van der Waals surface area (Å²) < 4.78 is 20.6. The van der Waals surface area contributed by atoms with E-state index in [2.05, 4.69) is 32.2 Å². The molecule has 0 spiro atoms. The first kappa shape index (κ1) is 15.6. The zero-order valence-electron chi connectivity index (χ0n) is 12.5. The molecule has 0 amide bonds. The molecule has 0 saturated carbocycles. The highest BCUT2D eigenvalue weighted by atomic mass is 79.9. The van der Waals surface area contributed by atoms with E-state index in [0.29, 0.717) is 15.6 Å². The molecule has 0 unspecified atom stereocenters. The molecule has 0 radical (unpaired) electrons. The molecule has 1 aromatic carbocycles. The molecule has 3 rings (SSSR count). The van der Waals surface area contributed by atoms with Gasteiger partial charge in [0.25, 0.3) is 0 Å². The summed E-state index contributed by atoms with van der Waals surface area (Å²) in [5.74, 6) is -0.729. The van der Waals surface area contributed by atoms with Crippen molar-refractivity contribution in [3.63, 3.8) is 0 Å². The van der Waals surface area contributed by atoms with Gasteiger partial charge in [-0.3, -0.25) is 5.10 Å². The molecule has 1 aliphatic heterocycles. The van der Waals surface area contributed by atoms with Gasteiger partial charge in [0.15, 0.2) is 0 Å². The van der Waals surface area contributed by atoms with E-state index in [9.17, 15) is 9.65 Å². The number of rotatable bonds is 2. The molecule has 0 bridgehead atoms. The molecular weight excluding hydrogens is 363 g/mol. The van der Waals surface area contributed by atoms with Crippen molar-refractivity contribution in [1.82, 2.24) is 10.2 Å². The molecular formula is C16H14BrFN4O. The number of aromatic nitrogens is 2. The van der Waals surface area contributed by atoms with Crippen LogP contribution in [0, 0.1) is 17.1 Å². The molecule has 23 heavy (non-hydrogen) atoms. The second-order valence-corrected chi connectivity index (χ2v) is 6.52. The predicted molar refractivity (Wildman–Crippen MR) is 86.1 cm³/mol. The molecule has 7 heteroatoms. The van der Waals surface area contributed by atoms with Crippen molar-refractivity contribution in [3.05, 3.63) is 56.8 Å². The number of ether oxygens (including phenoxy) is 1. The average Bonchev–Trinajstić information content (AvgIpc) is 2.92. The fraction of sp³-hybridized carbons (Fsp3) is 0.250. The standard InChI is InChI=1S/C16H14BrFN4O/c1-7(2)14-13-12(9-5-8(17)3-4-11(9)18)10(6-19)15(20)23-16(13)22-21-14/h3-5,7,12H,20H2,1-2H3,(H,21,22)/t12-/m0/s1. The van der Waals surface area contributed by atoms with E-state index < -0.39 is 11.7 Å². The summed E-state index contributed by atoms with van der Waals surface area (Å²) in [5, 5.41) is 16.5. The molecule has 0 aliphatic carbocycles. The normalized spacial score (nSPS) is 17.0. The minimum Gasteiger partial charge on any atom is -0.420 e. The van der Waals surface area contributed by atoms with Gasteiger partial charge in [0.05, 0.1) is 11.5 Å². The fourth-order valence-corrected chi connectivity index (χ4v) is 3.13. The van der Waals surface area contributed by atoms with Crippen LogP contribution in [0.3, 0.4) is 0 Å². The molecule has 5 nitrogen and oxygen atoms in total. The quantitative estimate of drug-likeness (QED) is 0.836. The summed E-state index contributed by atoms with van der Waals surface area (Å²) in [7, 11) is 0. The Morgan fingerprint density at radius 2 is 2.22 bits per heavy atom. The average molecular weight is 377 g/mol. The number of nitrogens with one attached hydrogen (secondary N) is 1. The van der Waals surface area contributed by atoms with Crippen LogP contribution in [-0.4, -0.2) is 10.2 Å². The van der Waals surface area contributed by atoms with Gasteiger partial charge in [0.2, 0.25) is 11.8 Å². The van der Waals surface area contributed by atoms with Crippen LogP contribution in [0.2, 0.25) is 0 Å².